The molecule has 4 heteroatoms. The van der Waals surface area contributed by atoms with Gasteiger partial charge in [-0.3, -0.25) is 4.90 Å². The van der Waals surface area contributed by atoms with Crippen molar-refractivity contribution in [2.75, 3.05) is 26.8 Å². The zero-order valence-corrected chi connectivity index (χ0v) is 14.3. The minimum atomic E-state index is 0.169. The second-order valence-corrected chi connectivity index (χ2v) is 7.10. The molecule has 0 aliphatic carbocycles. The molecule has 1 aromatic heterocycles. The van der Waals surface area contributed by atoms with Gasteiger partial charge in [0.25, 0.3) is 0 Å². The molecular formula is C20H26N2O2. The predicted octanol–water partition coefficient (Wildman–Crippen LogP) is 3.28. The van der Waals surface area contributed by atoms with Crippen LogP contribution in [-0.4, -0.2) is 41.8 Å². The lowest BCUT2D eigenvalue weighted by Crippen LogP contribution is -2.48. The molecule has 0 saturated carbocycles. The number of fused-ring (bicyclic) bond motifs is 4. The van der Waals surface area contributed by atoms with Gasteiger partial charge in [-0.2, -0.15) is 0 Å². The number of hydrogen-bond acceptors (Lipinski definition) is 3. The molecule has 4 atom stereocenters. The van der Waals surface area contributed by atoms with Crippen molar-refractivity contribution < 1.29 is 9.84 Å². The molecule has 4 heterocycles. The number of aliphatic hydroxyl groups is 1. The number of methoxy groups -OCH3 is 1. The van der Waals surface area contributed by atoms with E-state index in [1.54, 1.807) is 7.11 Å². The van der Waals surface area contributed by atoms with E-state index in [1.807, 2.05) is 6.07 Å². The number of H-pyrrole nitrogens is 1. The Balaban J connectivity index is 1.76. The molecule has 4 nitrogen and oxygen atoms in total. The molecule has 0 amide bonds. The second kappa shape index (κ2) is 6.26. The number of piperidine rings is 3. The summed E-state index contributed by atoms with van der Waals surface area (Å²) in [4.78, 5) is 6.25. The zero-order chi connectivity index (χ0) is 16.7. The fraction of sp³-hybridized carbons (Fsp3) is 0.500. The highest BCUT2D eigenvalue weighted by Crippen LogP contribution is 2.45. The van der Waals surface area contributed by atoms with Crippen molar-refractivity contribution in [3.63, 3.8) is 0 Å². The number of aromatic nitrogens is 1. The molecule has 2 aromatic rings. The van der Waals surface area contributed by atoms with Crippen LogP contribution in [0.25, 0.3) is 10.9 Å². The molecule has 3 saturated heterocycles. The first kappa shape index (κ1) is 15.7. The van der Waals surface area contributed by atoms with Crippen LogP contribution < -0.4 is 4.74 Å². The smallest absolute Gasteiger partial charge is 0.119 e. The van der Waals surface area contributed by atoms with Crippen LogP contribution in [0.2, 0.25) is 0 Å². The van der Waals surface area contributed by atoms with Crippen LogP contribution in [-0.2, 0) is 6.42 Å². The topological polar surface area (TPSA) is 48.5 Å². The normalized spacial score (nSPS) is 29.1. The lowest BCUT2D eigenvalue weighted by molar-refractivity contribution is 0.0163. The summed E-state index contributed by atoms with van der Waals surface area (Å²) in [5.74, 6) is 2.23. The Bertz CT molecular complexity index is 751. The highest BCUT2D eigenvalue weighted by atomic mass is 16.5. The summed E-state index contributed by atoms with van der Waals surface area (Å²) in [6, 6.07) is 6.59. The summed E-state index contributed by atoms with van der Waals surface area (Å²) in [5.41, 5.74) is 3.68. The van der Waals surface area contributed by atoms with Crippen LogP contribution in [0.3, 0.4) is 0 Å². The highest BCUT2D eigenvalue weighted by Gasteiger charge is 2.40. The van der Waals surface area contributed by atoms with Crippen LogP contribution in [0.1, 0.15) is 30.1 Å². The maximum Gasteiger partial charge on any atom is 0.119 e. The summed E-state index contributed by atoms with van der Waals surface area (Å²) in [6.45, 7) is 6.46. The molecule has 1 aromatic carbocycles. The SMILES string of the molecule is C=CC1CN2CCC1CC2c1[nH]c2ccc(OC)cc2c1CCO. The van der Waals surface area contributed by atoms with E-state index >= 15 is 0 Å². The van der Waals surface area contributed by atoms with Crippen LogP contribution in [0, 0.1) is 11.8 Å². The second-order valence-electron chi connectivity index (χ2n) is 7.10. The monoisotopic (exact) mass is 326 g/mol. The van der Waals surface area contributed by atoms with E-state index in [4.69, 9.17) is 4.74 Å². The standard InChI is InChI=1S/C20H26N2O2/c1-3-13-12-22-8-6-14(13)10-19(22)20-16(7-9-23)17-11-15(24-2)4-5-18(17)21-20/h3-5,11,13-14,19,21,23H,1,6-10,12H2,2H3. The Morgan fingerprint density at radius 3 is 3.00 bits per heavy atom. The van der Waals surface area contributed by atoms with Gasteiger partial charge in [-0.05, 0) is 61.4 Å². The molecule has 4 unspecified atom stereocenters. The molecule has 3 aliphatic heterocycles. The zero-order valence-electron chi connectivity index (χ0n) is 14.3. The highest BCUT2D eigenvalue weighted by molar-refractivity contribution is 5.86. The van der Waals surface area contributed by atoms with E-state index in [2.05, 4.69) is 34.7 Å². The fourth-order valence-electron chi connectivity index (χ4n) is 4.68. The van der Waals surface area contributed by atoms with E-state index < -0.39 is 0 Å². The summed E-state index contributed by atoms with van der Waals surface area (Å²) in [5, 5.41) is 10.8. The largest absolute Gasteiger partial charge is 0.497 e. The van der Waals surface area contributed by atoms with Crippen LogP contribution >= 0.6 is 0 Å². The molecule has 3 fully saturated rings. The van der Waals surface area contributed by atoms with Crippen LogP contribution in [0.15, 0.2) is 30.9 Å². The molecule has 24 heavy (non-hydrogen) atoms. The van der Waals surface area contributed by atoms with Crippen molar-refractivity contribution in [2.24, 2.45) is 11.8 Å². The quantitative estimate of drug-likeness (QED) is 0.829. The third kappa shape index (κ3) is 2.45. The maximum absolute atomic E-state index is 9.59. The number of aliphatic hydroxyl groups excluding tert-OH is 1. The van der Waals surface area contributed by atoms with Crippen molar-refractivity contribution in [2.45, 2.75) is 25.3 Å². The van der Waals surface area contributed by atoms with Gasteiger partial charge < -0.3 is 14.8 Å². The van der Waals surface area contributed by atoms with Gasteiger partial charge in [-0.1, -0.05) is 6.08 Å². The van der Waals surface area contributed by atoms with Crippen molar-refractivity contribution in [1.82, 2.24) is 9.88 Å². The number of nitrogens with one attached hydrogen (secondary N) is 1. The number of aromatic amines is 1. The number of rotatable bonds is 5. The lowest BCUT2D eigenvalue weighted by Gasteiger charge is -2.49. The molecule has 128 valence electrons. The van der Waals surface area contributed by atoms with E-state index in [9.17, 15) is 5.11 Å². The van der Waals surface area contributed by atoms with Crippen molar-refractivity contribution in [3.05, 3.63) is 42.1 Å². The average Bonchev–Trinajstić information content (AvgIpc) is 3.00. The maximum atomic E-state index is 9.59. The molecule has 2 N–H and O–H groups in total. The first-order chi connectivity index (χ1) is 11.7. The Labute approximate surface area is 143 Å². The van der Waals surface area contributed by atoms with Gasteiger partial charge in [0, 0.05) is 29.7 Å². The Morgan fingerprint density at radius 1 is 1.46 bits per heavy atom. The average molecular weight is 326 g/mol. The summed E-state index contributed by atoms with van der Waals surface area (Å²) in [6.07, 6.45) is 5.27. The number of benzene rings is 1. The van der Waals surface area contributed by atoms with Crippen molar-refractivity contribution in [1.29, 1.82) is 0 Å². The number of ether oxygens (including phenoxy) is 1. The molecule has 3 aliphatic rings. The van der Waals surface area contributed by atoms with Gasteiger partial charge in [0.05, 0.1) is 13.2 Å². The van der Waals surface area contributed by atoms with Crippen molar-refractivity contribution in [3.8, 4) is 5.75 Å². The lowest BCUT2D eigenvalue weighted by atomic mass is 9.74. The third-order valence-electron chi connectivity index (χ3n) is 5.95. The number of hydrogen-bond donors (Lipinski definition) is 2. The fourth-order valence-corrected chi connectivity index (χ4v) is 4.68. The Morgan fingerprint density at radius 2 is 2.33 bits per heavy atom. The summed E-state index contributed by atoms with van der Waals surface area (Å²) < 4.78 is 5.39. The Hall–Kier alpha value is -1.78. The van der Waals surface area contributed by atoms with Crippen LogP contribution in [0.4, 0.5) is 0 Å². The van der Waals surface area contributed by atoms with Gasteiger partial charge >= 0.3 is 0 Å². The molecule has 5 rings (SSSR count). The minimum Gasteiger partial charge on any atom is -0.497 e. The van der Waals surface area contributed by atoms with Crippen LogP contribution in [0.5, 0.6) is 5.75 Å². The molecule has 2 bridgehead atoms. The minimum absolute atomic E-state index is 0.169. The van der Waals surface area contributed by atoms with E-state index in [1.165, 1.54) is 29.5 Å². The Kier molecular flexibility index (Phi) is 4.10. The third-order valence-corrected chi connectivity index (χ3v) is 5.95. The predicted molar refractivity (Wildman–Crippen MR) is 96.4 cm³/mol. The summed E-state index contributed by atoms with van der Waals surface area (Å²) in [7, 11) is 1.70. The number of nitrogens with zero attached hydrogens (tertiary/aromatic N) is 1. The van der Waals surface area contributed by atoms with Gasteiger partial charge in [-0.15, -0.1) is 6.58 Å². The van der Waals surface area contributed by atoms with E-state index in [0.717, 1.165) is 30.3 Å². The molecule has 0 spiro atoms. The van der Waals surface area contributed by atoms with Gasteiger partial charge in [-0.25, -0.2) is 0 Å². The van der Waals surface area contributed by atoms with E-state index in [0.29, 0.717) is 18.4 Å². The molecule has 0 radical (unpaired) electrons. The van der Waals surface area contributed by atoms with Gasteiger partial charge in [0.15, 0.2) is 0 Å². The van der Waals surface area contributed by atoms with Gasteiger partial charge in [0.1, 0.15) is 5.75 Å². The van der Waals surface area contributed by atoms with Gasteiger partial charge in [0.2, 0.25) is 0 Å². The first-order valence-corrected chi connectivity index (χ1v) is 8.91. The summed E-state index contributed by atoms with van der Waals surface area (Å²) >= 11 is 0. The van der Waals surface area contributed by atoms with E-state index in [-0.39, 0.29) is 6.61 Å². The van der Waals surface area contributed by atoms with Crippen molar-refractivity contribution >= 4 is 10.9 Å². The first-order valence-electron chi connectivity index (χ1n) is 8.91. The molecular weight excluding hydrogens is 300 g/mol.